The molecule has 4 aromatic rings. The van der Waals surface area contributed by atoms with E-state index >= 15 is 0 Å². The Labute approximate surface area is 197 Å². The van der Waals surface area contributed by atoms with Gasteiger partial charge in [0.15, 0.2) is 5.75 Å². The standard InChI is InChI=1S/C25H20Br2O4/c1-14-5-4-6-16(9-14)23-13-18-10-19(7-8-22(18)31-23)30-24-20(26)11-17(12-21(24)27)15(2)25(28)29-3/h4-13,15H,1-3H3. The van der Waals surface area contributed by atoms with E-state index in [2.05, 4.69) is 50.9 Å². The summed E-state index contributed by atoms with van der Waals surface area (Å²) in [5, 5.41) is 0.956. The maximum atomic E-state index is 11.9. The van der Waals surface area contributed by atoms with Gasteiger partial charge in [0.1, 0.15) is 17.1 Å². The van der Waals surface area contributed by atoms with Crippen LogP contribution < -0.4 is 4.74 Å². The zero-order valence-electron chi connectivity index (χ0n) is 17.2. The molecule has 0 aliphatic heterocycles. The van der Waals surface area contributed by atoms with Crippen LogP contribution in [0, 0.1) is 6.92 Å². The molecule has 1 atom stereocenters. The zero-order chi connectivity index (χ0) is 22.1. The van der Waals surface area contributed by atoms with Crippen molar-refractivity contribution in [2.45, 2.75) is 19.8 Å². The van der Waals surface area contributed by atoms with Crippen LogP contribution in [0.15, 0.2) is 74.0 Å². The van der Waals surface area contributed by atoms with E-state index in [9.17, 15) is 4.79 Å². The fourth-order valence-corrected chi connectivity index (χ4v) is 4.77. The van der Waals surface area contributed by atoms with Gasteiger partial charge in [-0.1, -0.05) is 23.8 Å². The fourth-order valence-electron chi connectivity index (χ4n) is 3.38. The average Bonchev–Trinajstić information content (AvgIpc) is 3.18. The molecule has 0 N–H and O–H groups in total. The molecule has 4 nitrogen and oxygen atoms in total. The molecule has 158 valence electrons. The number of aryl methyl sites for hydroxylation is 1. The molecule has 1 heterocycles. The Balaban J connectivity index is 1.63. The molecule has 0 aliphatic rings. The van der Waals surface area contributed by atoms with Crippen LogP contribution in [-0.2, 0) is 9.53 Å². The third-order valence-electron chi connectivity index (χ3n) is 5.09. The Morgan fingerprint density at radius 3 is 2.42 bits per heavy atom. The number of furan rings is 1. The van der Waals surface area contributed by atoms with Crippen LogP contribution in [0.4, 0.5) is 0 Å². The van der Waals surface area contributed by atoms with E-state index in [4.69, 9.17) is 13.9 Å². The molecule has 3 aromatic carbocycles. The Kier molecular flexibility index (Phi) is 6.21. The van der Waals surface area contributed by atoms with Crippen molar-refractivity contribution >= 4 is 48.8 Å². The normalized spacial score (nSPS) is 12.0. The first-order chi connectivity index (χ1) is 14.9. The van der Waals surface area contributed by atoms with Gasteiger partial charge in [0, 0.05) is 10.9 Å². The fraction of sp³-hybridized carbons (Fsp3) is 0.160. The van der Waals surface area contributed by atoms with Crippen LogP contribution in [-0.4, -0.2) is 13.1 Å². The van der Waals surface area contributed by atoms with Crippen molar-refractivity contribution in [1.29, 1.82) is 0 Å². The van der Waals surface area contributed by atoms with Crippen LogP contribution in [0.1, 0.15) is 24.0 Å². The molecule has 6 heteroatoms. The predicted molar refractivity (Wildman–Crippen MR) is 129 cm³/mol. The summed E-state index contributed by atoms with van der Waals surface area (Å²) >= 11 is 7.12. The quantitative estimate of drug-likeness (QED) is 0.239. The lowest BCUT2D eigenvalue weighted by Crippen LogP contribution is -2.10. The van der Waals surface area contributed by atoms with Gasteiger partial charge in [0.25, 0.3) is 0 Å². The summed E-state index contributed by atoms with van der Waals surface area (Å²) < 4.78 is 18.5. The number of rotatable bonds is 5. The third kappa shape index (κ3) is 4.55. The average molecular weight is 544 g/mol. The van der Waals surface area contributed by atoms with Crippen LogP contribution >= 0.6 is 31.9 Å². The first kappa shape index (κ1) is 21.7. The van der Waals surface area contributed by atoms with Crippen molar-refractivity contribution < 1.29 is 18.7 Å². The van der Waals surface area contributed by atoms with Gasteiger partial charge in [-0.2, -0.15) is 0 Å². The highest BCUT2D eigenvalue weighted by Crippen LogP contribution is 2.40. The van der Waals surface area contributed by atoms with Gasteiger partial charge in [0.2, 0.25) is 0 Å². The van der Waals surface area contributed by atoms with E-state index in [0.29, 0.717) is 11.5 Å². The molecule has 1 unspecified atom stereocenters. The minimum atomic E-state index is -0.381. The second kappa shape index (κ2) is 8.89. The van der Waals surface area contributed by atoms with Crippen molar-refractivity contribution in [3.05, 3.63) is 80.7 Å². The van der Waals surface area contributed by atoms with Crippen LogP contribution in [0.3, 0.4) is 0 Å². The maximum absolute atomic E-state index is 11.9. The Bertz CT molecular complexity index is 1250. The molecular formula is C25H20Br2O4. The number of esters is 1. The van der Waals surface area contributed by atoms with E-state index in [0.717, 1.165) is 36.8 Å². The molecule has 1 aromatic heterocycles. The van der Waals surface area contributed by atoms with E-state index in [1.54, 1.807) is 6.92 Å². The van der Waals surface area contributed by atoms with Crippen molar-refractivity contribution in [1.82, 2.24) is 0 Å². The lowest BCUT2D eigenvalue weighted by atomic mass is 10.0. The third-order valence-corrected chi connectivity index (χ3v) is 6.26. The highest BCUT2D eigenvalue weighted by molar-refractivity contribution is 9.11. The van der Waals surface area contributed by atoms with E-state index < -0.39 is 0 Å². The lowest BCUT2D eigenvalue weighted by molar-refractivity contribution is -0.141. The van der Waals surface area contributed by atoms with Crippen molar-refractivity contribution in [2.24, 2.45) is 0 Å². The van der Waals surface area contributed by atoms with Crippen molar-refractivity contribution in [2.75, 3.05) is 7.11 Å². The summed E-state index contributed by atoms with van der Waals surface area (Å²) in [6.45, 7) is 3.87. The molecule has 0 bridgehead atoms. The van der Waals surface area contributed by atoms with Gasteiger partial charge >= 0.3 is 5.97 Å². The van der Waals surface area contributed by atoms with E-state index in [1.165, 1.54) is 12.7 Å². The van der Waals surface area contributed by atoms with Gasteiger partial charge in [-0.15, -0.1) is 0 Å². The first-order valence-corrected chi connectivity index (χ1v) is 11.3. The number of ether oxygens (including phenoxy) is 2. The largest absolute Gasteiger partial charge is 0.469 e. The number of hydrogen-bond acceptors (Lipinski definition) is 4. The van der Waals surface area contributed by atoms with E-state index in [1.807, 2.05) is 48.5 Å². The van der Waals surface area contributed by atoms with Gasteiger partial charge in [-0.05, 0) is 93.7 Å². The summed E-state index contributed by atoms with van der Waals surface area (Å²) in [5.74, 6) is 1.46. The van der Waals surface area contributed by atoms with Gasteiger partial charge in [-0.3, -0.25) is 4.79 Å². The number of benzene rings is 3. The minimum Gasteiger partial charge on any atom is -0.469 e. The SMILES string of the molecule is COC(=O)C(C)c1cc(Br)c(Oc2ccc3oc(-c4cccc(C)c4)cc3c2)c(Br)c1. The number of carbonyl (C=O) groups is 1. The Morgan fingerprint density at radius 2 is 1.74 bits per heavy atom. The molecule has 0 radical (unpaired) electrons. The molecule has 31 heavy (non-hydrogen) atoms. The summed E-state index contributed by atoms with van der Waals surface area (Å²) in [6.07, 6.45) is 0. The number of fused-ring (bicyclic) bond motifs is 1. The predicted octanol–water partition coefficient (Wildman–Crippen LogP) is 8.00. The molecule has 0 amide bonds. The number of methoxy groups -OCH3 is 1. The molecule has 0 fully saturated rings. The van der Waals surface area contributed by atoms with E-state index in [-0.39, 0.29) is 11.9 Å². The second-order valence-corrected chi connectivity index (χ2v) is 9.05. The Hall–Kier alpha value is -2.57. The van der Waals surface area contributed by atoms with Gasteiger partial charge < -0.3 is 13.9 Å². The lowest BCUT2D eigenvalue weighted by Gasteiger charge is -2.15. The second-order valence-electron chi connectivity index (χ2n) is 7.34. The topological polar surface area (TPSA) is 48.7 Å². The molecule has 0 saturated heterocycles. The monoisotopic (exact) mass is 542 g/mol. The van der Waals surface area contributed by atoms with Crippen LogP contribution in [0.5, 0.6) is 11.5 Å². The maximum Gasteiger partial charge on any atom is 0.312 e. The summed E-state index contributed by atoms with van der Waals surface area (Å²) in [4.78, 5) is 11.9. The smallest absolute Gasteiger partial charge is 0.312 e. The van der Waals surface area contributed by atoms with Gasteiger partial charge in [-0.25, -0.2) is 0 Å². The molecular weight excluding hydrogens is 524 g/mol. The minimum absolute atomic E-state index is 0.290. The van der Waals surface area contributed by atoms with Gasteiger partial charge in [0.05, 0.1) is 22.0 Å². The zero-order valence-corrected chi connectivity index (χ0v) is 20.4. The first-order valence-electron chi connectivity index (χ1n) is 9.71. The molecule has 0 aliphatic carbocycles. The summed E-state index contributed by atoms with van der Waals surface area (Å²) in [7, 11) is 1.39. The van der Waals surface area contributed by atoms with Crippen LogP contribution in [0.25, 0.3) is 22.3 Å². The number of carbonyl (C=O) groups excluding carboxylic acids is 1. The highest BCUT2D eigenvalue weighted by Gasteiger charge is 2.19. The highest BCUT2D eigenvalue weighted by atomic mass is 79.9. The number of halogens is 2. The number of hydrogen-bond donors (Lipinski definition) is 0. The summed E-state index contributed by atoms with van der Waals surface area (Å²) in [6, 6.07) is 19.7. The molecule has 0 saturated carbocycles. The van der Waals surface area contributed by atoms with Crippen LogP contribution in [0.2, 0.25) is 0 Å². The summed E-state index contributed by atoms with van der Waals surface area (Å²) in [5.41, 5.74) is 3.84. The van der Waals surface area contributed by atoms with Crippen molar-refractivity contribution in [3.8, 4) is 22.8 Å². The Morgan fingerprint density at radius 1 is 1.00 bits per heavy atom. The molecule has 0 spiro atoms. The van der Waals surface area contributed by atoms with Crippen molar-refractivity contribution in [3.63, 3.8) is 0 Å². The molecule has 4 rings (SSSR count).